The topological polar surface area (TPSA) is 32.3 Å². The average molecular weight is 364 g/mol. The largest absolute Gasteiger partial charge is 0.409 e. The summed E-state index contributed by atoms with van der Waals surface area (Å²) in [6, 6.07) is 8.81. The van der Waals surface area contributed by atoms with Gasteiger partial charge in [0.2, 0.25) is 5.91 Å². The lowest BCUT2D eigenvalue weighted by atomic mass is 9.86. The number of nitrogens with one attached hydrogen (secondary N) is 1. The number of alkyl halides is 3. The van der Waals surface area contributed by atoms with Crippen LogP contribution in [0.1, 0.15) is 57.2 Å². The average Bonchev–Trinajstić information content (AvgIpc) is 2.78. The molecule has 140 valence electrons. The van der Waals surface area contributed by atoms with Crippen LogP contribution in [0.3, 0.4) is 0 Å². The zero-order valence-electron chi connectivity index (χ0n) is 15.3. The van der Waals surface area contributed by atoms with Crippen molar-refractivity contribution in [2.45, 2.75) is 57.8 Å². The van der Waals surface area contributed by atoms with Gasteiger partial charge in [-0.15, -0.1) is 0 Å². The van der Waals surface area contributed by atoms with E-state index >= 15 is 0 Å². The molecular weight excluding hydrogens is 341 g/mol. The van der Waals surface area contributed by atoms with Crippen LogP contribution < -0.4 is 5.43 Å². The van der Waals surface area contributed by atoms with Crippen molar-refractivity contribution in [2.75, 3.05) is 0 Å². The third-order valence-electron chi connectivity index (χ3n) is 4.96. The summed E-state index contributed by atoms with van der Waals surface area (Å²) in [7, 11) is 0. The van der Waals surface area contributed by atoms with E-state index < -0.39 is 23.7 Å². The van der Waals surface area contributed by atoms with E-state index in [0.717, 1.165) is 10.4 Å². The molecule has 26 heavy (non-hydrogen) atoms. The third-order valence-corrected chi connectivity index (χ3v) is 4.96. The van der Waals surface area contributed by atoms with Crippen LogP contribution in [0.25, 0.3) is 10.8 Å². The van der Waals surface area contributed by atoms with Crippen molar-refractivity contribution >= 4 is 16.7 Å². The van der Waals surface area contributed by atoms with Gasteiger partial charge in [-0.1, -0.05) is 50.2 Å². The number of carbonyl (C=O) groups is 1. The lowest BCUT2D eigenvalue weighted by Gasteiger charge is -2.39. The SMILES string of the molecule is CC(C)c1ccc2ccccc2c1C(N1NC(=O)CC1(C)C)C(F)(F)F. The predicted octanol–water partition coefficient (Wildman–Crippen LogP) is 5.08. The fraction of sp³-hybridized carbons (Fsp3) is 0.450. The van der Waals surface area contributed by atoms with Crippen LogP contribution in [0.5, 0.6) is 0 Å². The molecule has 0 aliphatic carbocycles. The highest BCUT2D eigenvalue weighted by Crippen LogP contribution is 2.47. The minimum atomic E-state index is -4.54. The van der Waals surface area contributed by atoms with Crippen molar-refractivity contribution in [1.29, 1.82) is 0 Å². The number of fused-ring (bicyclic) bond motifs is 1. The minimum Gasteiger partial charge on any atom is -0.287 e. The van der Waals surface area contributed by atoms with E-state index in [4.69, 9.17) is 0 Å². The highest BCUT2D eigenvalue weighted by Gasteiger charge is 2.54. The molecule has 0 bridgehead atoms. The van der Waals surface area contributed by atoms with Gasteiger partial charge >= 0.3 is 6.18 Å². The maximum absolute atomic E-state index is 14.3. The number of hydrogen-bond donors (Lipinski definition) is 1. The zero-order valence-corrected chi connectivity index (χ0v) is 15.3. The van der Waals surface area contributed by atoms with E-state index in [1.807, 2.05) is 32.0 Å². The Morgan fingerprint density at radius 2 is 1.77 bits per heavy atom. The molecule has 2 aromatic carbocycles. The first-order valence-electron chi connectivity index (χ1n) is 8.69. The molecule has 1 saturated heterocycles. The molecule has 1 fully saturated rings. The maximum atomic E-state index is 14.3. The van der Waals surface area contributed by atoms with Crippen LogP contribution in [0.4, 0.5) is 13.2 Å². The Kier molecular flexibility index (Phi) is 4.51. The Morgan fingerprint density at radius 3 is 2.31 bits per heavy atom. The monoisotopic (exact) mass is 364 g/mol. The predicted molar refractivity (Wildman–Crippen MR) is 95.5 cm³/mol. The van der Waals surface area contributed by atoms with Crippen molar-refractivity contribution in [2.24, 2.45) is 0 Å². The molecule has 2 aromatic rings. The van der Waals surface area contributed by atoms with E-state index in [0.29, 0.717) is 10.9 Å². The van der Waals surface area contributed by atoms with Crippen LogP contribution in [0, 0.1) is 0 Å². The highest BCUT2D eigenvalue weighted by atomic mass is 19.4. The number of rotatable bonds is 3. The smallest absolute Gasteiger partial charge is 0.287 e. The van der Waals surface area contributed by atoms with Gasteiger partial charge in [0.1, 0.15) is 0 Å². The van der Waals surface area contributed by atoms with E-state index in [1.165, 1.54) is 0 Å². The van der Waals surface area contributed by atoms with Crippen molar-refractivity contribution in [1.82, 2.24) is 10.4 Å². The molecule has 3 rings (SSSR count). The second kappa shape index (κ2) is 6.27. The van der Waals surface area contributed by atoms with Crippen molar-refractivity contribution in [3.05, 3.63) is 47.5 Å². The van der Waals surface area contributed by atoms with Gasteiger partial charge in [-0.25, -0.2) is 0 Å². The van der Waals surface area contributed by atoms with Crippen molar-refractivity contribution in [3.8, 4) is 0 Å². The van der Waals surface area contributed by atoms with E-state index in [-0.39, 0.29) is 17.9 Å². The zero-order chi connectivity index (χ0) is 19.3. The number of halogens is 3. The Bertz CT molecular complexity index is 843. The summed E-state index contributed by atoms with van der Waals surface area (Å²) in [5, 5.41) is 2.41. The molecule has 0 radical (unpaired) electrons. The number of hydrogen-bond acceptors (Lipinski definition) is 2. The van der Waals surface area contributed by atoms with Crippen molar-refractivity contribution < 1.29 is 18.0 Å². The fourth-order valence-corrected chi connectivity index (χ4v) is 3.78. The van der Waals surface area contributed by atoms with Crippen LogP contribution in [0.2, 0.25) is 0 Å². The van der Waals surface area contributed by atoms with Gasteiger partial charge in [-0.3, -0.25) is 10.2 Å². The van der Waals surface area contributed by atoms with Gasteiger partial charge < -0.3 is 0 Å². The van der Waals surface area contributed by atoms with Crippen LogP contribution in [-0.2, 0) is 4.79 Å². The first kappa shape index (κ1) is 18.7. The van der Waals surface area contributed by atoms with E-state index in [1.54, 1.807) is 32.0 Å². The summed E-state index contributed by atoms with van der Waals surface area (Å²) in [6.45, 7) is 7.08. The summed E-state index contributed by atoms with van der Waals surface area (Å²) in [6.07, 6.45) is -4.51. The second-order valence-corrected chi connectivity index (χ2v) is 7.78. The molecule has 1 aliphatic heterocycles. The van der Waals surface area contributed by atoms with E-state index in [2.05, 4.69) is 5.43 Å². The molecule has 0 spiro atoms. The Labute approximate surface area is 151 Å². The number of carbonyl (C=O) groups excluding carboxylic acids is 1. The van der Waals surface area contributed by atoms with Gasteiger partial charge in [0.15, 0.2) is 6.04 Å². The summed E-state index contributed by atoms with van der Waals surface area (Å²) in [5.74, 6) is -0.476. The molecular formula is C20H23F3N2O. The van der Waals surface area contributed by atoms with Gasteiger partial charge in [0.25, 0.3) is 0 Å². The molecule has 6 heteroatoms. The summed E-state index contributed by atoms with van der Waals surface area (Å²) in [4.78, 5) is 11.9. The Morgan fingerprint density at radius 1 is 1.12 bits per heavy atom. The van der Waals surface area contributed by atoms with Gasteiger partial charge in [0.05, 0.1) is 0 Å². The lowest BCUT2D eigenvalue weighted by molar-refractivity contribution is -0.203. The summed E-state index contributed by atoms with van der Waals surface area (Å²) >= 11 is 0. The standard InChI is InChI=1S/C20H23F3N2O/c1-12(2)14-10-9-13-7-5-6-8-15(13)17(14)18(20(21,22)23)25-19(3,4)11-16(26)24-25/h5-10,12,18H,11H2,1-4H3,(H,24,26). The third kappa shape index (κ3) is 3.18. The number of amides is 1. The van der Waals surface area contributed by atoms with Crippen molar-refractivity contribution in [3.63, 3.8) is 0 Å². The van der Waals surface area contributed by atoms with Crippen LogP contribution in [-0.4, -0.2) is 22.6 Å². The Balaban J connectivity index is 2.32. The molecule has 0 saturated carbocycles. The quantitative estimate of drug-likeness (QED) is 0.823. The lowest BCUT2D eigenvalue weighted by Crippen LogP contribution is -2.51. The van der Waals surface area contributed by atoms with Crippen LogP contribution >= 0.6 is 0 Å². The van der Waals surface area contributed by atoms with Gasteiger partial charge in [-0.2, -0.15) is 18.2 Å². The highest BCUT2D eigenvalue weighted by molar-refractivity contribution is 5.88. The van der Waals surface area contributed by atoms with Gasteiger partial charge in [-0.05, 0) is 41.7 Å². The molecule has 1 unspecified atom stereocenters. The Hall–Kier alpha value is -2.08. The van der Waals surface area contributed by atoms with Gasteiger partial charge in [0, 0.05) is 12.0 Å². The number of hydrazine groups is 1. The summed E-state index contributed by atoms with van der Waals surface area (Å²) in [5.41, 5.74) is 2.38. The molecule has 1 atom stereocenters. The molecule has 1 amide bonds. The molecule has 1 N–H and O–H groups in total. The molecule has 1 heterocycles. The molecule has 1 aliphatic rings. The number of nitrogens with zero attached hydrogens (tertiary/aromatic N) is 1. The summed E-state index contributed by atoms with van der Waals surface area (Å²) < 4.78 is 42.9. The maximum Gasteiger partial charge on any atom is 0.409 e. The fourth-order valence-electron chi connectivity index (χ4n) is 3.78. The first-order valence-corrected chi connectivity index (χ1v) is 8.69. The molecule has 3 nitrogen and oxygen atoms in total. The second-order valence-electron chi connectivity index (χ2n) is 7.78. The van der Waals surface area contributed by atoms with Crippen LogP contribution in [0.15, 0.2) is 36.4 Å². The number of benzene rings is 2. The normalized spacial score (nSPS) is 19.2. The molecule has 0 aromatic heterocycles. The minimum absolute atomic E-state index is 0.0291. The van der Waals surface area contributed by atoms with E-state index in [9.17, 15) is 18.0 Å². The first-order chi connectivity index (χ1) is 12.0.